The molecule has 3 aliphatic heterocycles. The zero-order valence-electron chi connectivity index (χ0n) is 17.6. The summed E-state index contributed by atoms with van der Waals surface area (Å²) in [6.07, 6.45) is 4.41. The molecule has 1 aromatic carbocycles. The second-order valence-electron chi connectivity index (χ2n) is 7.32. The molecular formula is C20H23N3O8S2. The van der Waals surface area contributed by atoms with Gasteiger partial charge in [-0.05, 0) is 36.4 Å². The summed E-state index contributed by atoms with van der Waals surface area (Å²) in [6.45, 7) is 1.66. The average Bonchev–Trinajstić information content (AvgIpc) is 2.81. The first-order valence-corrected chi connectivity index (χ1v) is 13.3. The minimum absolute atomic E-state index is 0.0207. The van der Waals surface area contributed by atoms with Crippen LogP contribution in [-0.4, -0.2) is 89.7 Å². The molecule has 0 radical (unpaired) electrons. The van der Waals surface area contributed by atoms with Gasteiger partial charge >= 0.3 is 5.97 Å². The molecule has 1 fully saturated rings. The molecule has 0 aromatic heterocycles. The lowest BCUT2D eigenvalue weighted by molar-refractivity contribution is -0.139. The van der Waals surface area contributed by atoms with E-state index in [1.807, 2.05) is 0 Å². The van der Waals surface area contributed by atoms with Crippen molar-refractivity contribution in [1.29, 1.82) is 0 Å². The van der Waals surface area contributed by atoms with Crippen LogP contribution in [0.2, 0.25) is 0 Å². The van der Waals surface area contributed by atoms with Gasteiger partial charge < -0.3 is 19.1 Å². The molecule has 0 N–H and O–H groups in total. The first-order valence-electron chi connectivity index (χ1n) is 10.2. The Bertz CT molecular complexity index is 1200. The van der Waals surface area contributed by atoms with E-state index in [1.165, 1.54) is 34.8 Å². The number of esters is 1. The van der Waals surface area contributed by atoms with Crippen LogP contribution >= 0.6 is 0 Å². The van der Waals surface area contributed by atoms with Crippen molar-refractivity contribution in [2.75, 3.05) is 51.8 Å². The summed E-state index contributed by atoms with van der Waals surface area (Å²) >= 11 is 0. The third kappa shape index (κ3) is 5.61. The van der Waals surface area contributed by atoms with Crippen LogP contribution in [0.3, 0.4) is 0 Å². The summed E-state index contributed by atoms with van der Waals surface area (Å²) in [7, 11) is -7.03. The quantitative estimate of drug-likeness (QED) is 0.381. The third-order valence-corrected chi connectivity index (χ3v) is 8.15. The fourth-order valence-corrected chi connectivity index (χ4v) is 5.72. The Kier molecular flexibility index (Phi) is 6.83. The number of ether oxygens (including phenoxy) is 3. The summed E-state index contributed by atoms with van der Waals surface area (Å²) in [5.41, 5.74) is 0.269. The SMILES string of the molecule is O=C(OCCOc1ccc(S(=O)(=O)N2CCOCC2)cc1)C1=CN2CCS(=O)(=O)N=C2C=C1. The van der Waals surface area contributed by atoms with Crippen molar-refractivity contribution >= 4 is 31.9 Å². The monoisotopic (exact) mass is 497 g/mol. The number of morpholine rings is 1. The van der Waals surface area contributed by atoms with E-state index in [1.54, 1.807) is 17.0 Å². The summed E-state index contributed by atoms with van der Waals surface area (Å²) in [5.74, 6) is 0.0115. The van der Waals surface area contributed by atoms with E-state index in [0.717, 1.165) is 0 Å². The second kappa shape index (κ2) is 9.63. The lowest BCUT2D eigenvalue weighted by atomic mass is 10.2. The Hall–Kier alpha value is -2.74. The molecule has 1 aromatic rings. The topological polar surface area (TPSA) is 132 Å². The Morgan fingerprint density at radius 3 is 2.52 bits per heavy atom. The molecule has 1 saturated heterocycles. The molecule has 13 heteroatoms. The maximum atomic E-state index is 12.6. The summed E-state index contributed by atoms with van der Waals surface area (Å²) in [6, 6.07) is 6.04. The van der Waals surface area contributed by atoms with E-state index >= 15 is 0 Å². The van der Waals surface area contributed by atoms with Crippen molar-refractivity contribution in [3.8, 4) is 5.75 Å². The minimum Gasteiger partial charge on any atom is -0.490 e. The van der Waals surface area contributed by atoms with Crippen LogP contribution < -0.4 is 4.74 Å². The lowest BCUT2D eigenvalue weighted by Crippen LogP contribution is -2.40. The van der Waals surface area contributed by atoms with Gasteiger partial charge in [0.15, 0.2) is 0 Å². The fourth-order valence-electron chi connectivity index (χ4n) is 3.34. The predicted molar refractivity (Wildman–Crippen MR) is 118 cm³/mol. The van der Waals surface area contributed by atoms with Gasteiger partial charge in [0.1, 0.15) is 24.8 Å². The molecule has 3 heterocycles. The minimum atomic E-state index is -3.57. The number of carbonyl (C=O) groups is 1. The highest BCUT2D eigenvalue weighted by atomic mass is 32.2. The molecule has 11 nitrogen and oxygen atoms in total. The first-order chi connectivity index (χ1) is 15.7. The maximum absolute atomic E-state index is 12.6. The van der Waals surface area contributed by atoms with E-state index in [0.29, 0.717) is 32.1 Å². The van der Waals surface area contributed by atoms with E-state index < -0.39 is 26.0 Å². The molecule has 0 saturated carbocycles. The van der Waals surface area contributed by atoms with Gasteiger partial charge in [0.2, 0.25) is 10.0 Å². The smallest absolute Gasteiger partial charge is 0.339 e. The zero-order valence-corrected chi connectivity index (χ0v) is 19.3. The second-order valence-corrected chi connectivity index (χ2v) is 11.0. The number of fused-ring (bicyclic) bond motifs is 1. The van der Waals surface area contributed by atoms with Gasteiger partial charge in [0.05, 0.1) is 29.4 Å². The van der Waals surface area contributed by atoms with Crippen LogP contribution in [0, 0.1) is 0 Å². The summed E-state index contributed by atoms with van der Waals surface area (Å²) < 4.78 is 69.3. The van der Waals surface area contributed by atoms with Crippen molar-refractivity contribution in [3.63, 3.8) is 0 Å². The van der Waals surface area contributed by atoms with E-state index in [4.69, 9.17) is 14.2 Å². The van der Waals surface area contributed by atoms with E-state index in [2.05, 4.69) is 4.40 Å². The molecule has 0 amide bonds. The van der Waals surface area contributed by atoms with Crippen LogP contribution in [-0.2, 0) is 34.3 Å². The molecule has 0 unspecified atom stereocenters. The van der Waals surface area contributed by atoms with E-state index in [-0.39, 0.29) is 41.8 Å². The van der Waals surface area contributed by atoms with E-state index in [9.17, 15) is 21.6 Å². The molecule has 0 spiro atoms. The lowest BCUT2D eigenvalue weighted by Gasteiger charge is -2.26. The molecule has 0 atom stereocenters. The highest BCUT2D eigenvalue weighted by Crippen LogP contribution is 2.21. The number of hydrogen-bond donors (Lipinski definition) is 0. The van der Waals surface area contributed by atoms with Crippen molar-refractivity contribution < 1.29 is 35.8 Å². The molecule has 33 heavy (non-hydrogen) atoms. The number of hydrogen-bond acceptors (Lipinski definition) is 9. The van der Waals surface area contributed by atoms with Crippen LogP contribution in [0.15, 0.2) is 57.5 Å². The first kappa shape index (κ1) is 23.4. The van der Waals surface area contributed by atoms with Crippen molar-refractivity contribution in [1.82, 2.24) is 9.21 Å². The van der Waals surface area contributed by atoms with Crippen LogP contribution in [0.5, 0.6) is 5.75 Å². The largest absolute Gasteiger partial charge is 0.490 e. The Labute approximate surface area is 192 Å². The van der Waals surface area contributed by atoms with Gasteiger partial charge in [-0.15, -0.1) is 4.40 Å². The molecular weight excluding hydrogens is 474 g/mol. The maximum Gasteiger partial charge on any atom is 0.339 e. The summed E-state index contributed by atoms with van der Waals surface area (Å²) in [4.78, 5) is 14.0. The molecule has 4 rings (SSSR count). The number of amidine groups is 1. The number of nitrogens with zero attached hydrogens (tertiary/aromatic N) is 3. The molecule has 3 aliphatic rings. The molecule has 0 bridgehead atoms. The number of sulfonamides is 2. The third-order valence-electron chi connectivity index (χ3n) is 5.08. The van der Waals surface area contributed by atoms with Crippen LogP contribution in [0.1, 0.15) is 0 Å². The summed E-state index contributed by atoms with van der Waals surface area (Å²) in [5, 5.41) is 0. The van der Waals surface area contributed by atoms with Crippen LogP contribution in [0.25, 0.3) is 0 Å². The van der Waals surface area contributed by atoms with Gasteiger partial charge in [-0.25, -0.2) is 21.6 Å². The normalized spacial score (nSPS) is 20.4. The van der Waals surface area contributed by atoms with Gasteiger partial charge in [-0.2, -0.15) is 4.31 Å². The van der Waals surface area contributed by atoms with Crippen molar-refractivity contribution in [3.05, 3.63) is 48.2 Å². The van der Waals surface area contributed by atoms with Crippen molar-refractivity contribution in [2.45, 2.75) is 4.90 Å². The Balaban J connectivity index is 1.25. The van der Waals surface area contributed by atoms with Gasteiger partial charge in [-0.3, -0.25) is 0 Å². The Morgan fingerprint density at radius 1 is 1.06 bits per heavy atom. The number of rotatable bonds is 7. The average molecular weight is 498 g/mol. The van der Waals surface area contributed by atoms with Crippen molar-refractivity contribution in [2.24, 2.45) is 4.40 Å². The number of benzene rings is 1. The molecule has 0 aliphatic carbocycles. The van der Waals surface area contributed by atoms with Gasteiger partial charge in [0.25, 0.3) is 10.0 Å². The number of carbonyl (C=O) groups excluding carboxylic acids is 1. The molecule has 178 valence electrons. The highest BCUT2D eigenvalue weighted by molar-refractivity contribution is 7.90. The van der Waals surface area contributed by atoms with Gasteiger partial charge in [-0.1, -0.05) is 0 Å². The fraction of sp³-hybridized carbons (Fsp3) is 0.400. The standard InChI is InChI=1S/C20H23N3O8S2/c24-20(16-1-6-19-21-32(25,26)14-9-22(19)15-16)31-13-12-30-17-2-4-18(5-3-17)33(27,28)23-7-10-29-11-8-23/h1-6,15H,7-14H2. The van der Waals surface area contributed by atoms with Gasteiger partial charge in [0, 0.05) is 25.8 Å². The Morgan fingerprint density at radius 2 is 1.79 bits per heavy atom. The van der Waals surface area contributed by atoms with Crippen LogP contribution in [0.4, 0.5) is 0 Å². The highest BCUT2D eigenvalue weighted by Gasteiger charge is 2.27. The zero-order chi connectivity index (χ0) is 23.5. The predicted octanol–water partition coefficient (Wildman–Crippen LogP) is 0.127.